The molecule has 0 fully saturated rings. The van der Waals surface area contributed by atoms with Crippen molar-refractivity contribution in [2.45, 2.75) is 56.7 Å². The van der Waals surface area contributed by atoms with Crippen LogP contribution in [0.1, 0.15) is 38.5 Å². The van der Waals surface area contributed by atoms with Crippen molar-refractivity contribution in [1.29, 1.82) is 0 Å². The molecule has 13 heteroatoms. The summed E-state index contributed by atoms with van der Waals surface area (Å²) in [5, 5.41) is 16.4. The summed E-state index contributed by atoms with van der Waals surface area (Å²) in [5.41, 5.74) is 16.2. The van der Waals surface area contributed by atoms with Crippen LogP contribution in [-0.2, 0) is 24.0 Å². The van der Waals surface area contributed by atoms with Gasteiger partial charge >= 0.3 is 5.97 Å². The van der Waals surface area contributed by atoms with E-state index in [-0.39, 0.29) is 19.3 Å². The number of amides is 4. The quantitative estimate of drug-likeness (QED) is 0.115. The lowest BCUT2D eigenvalue weighted by molar-refractivity contribution is -0.142. The number of carbonyl (C=O) groups is 5. The minimum absolute atomic E-state index is 0.122. The van der Waals surface area contributed by atoms with Gasteiger partial charge in [-0.1, -0.05) is 0 Å². The van der Waals surface area contributed by atoms with Gasteiger partial charge in [0, 0.05) is 6.42 Å². The molecule has 178 valence electrons. The Hall–Kier alpha value is -2.38. The number of unbranched alkanes of at least 4 members (excludes halogenated alkanes) is 1. The van der Waals surface area contributed by atoms with Crippen molar-refractivity contribution in [3.63, 3.8) is 0 Å². The fraction of sp³-hybridized carbons (Fsp3) is 0.722. The van der Waals surface area contributed by atoms with E-state index >= 15 is 0 Å². The van der Waals surface area contributed by atoms with E-state index in [1.165, 1.54) is 11.8 Å². The van der Waals surface area contributed by atoms with Crippen LogP contribution in [0.4, 0.5) is 0 Å². The molecular formula is C18H34N6O6S. The summed E-state index contributed by atoms with van der Waals surface area (Å²) >= 11 is 1.53. The number of rotatable bonds is 17. The normalized spacial score (nSPS) is 13.5. The minimum atomic E-state index is -1.23. The first-order valence-electron chi connectivity index (χ1n) is 9.95. The second kappa shape index (κ2) is 16.3. The van der Waals surface area contributed by atoms with Crippen LogP contribution >= 0.6 is 11.8 Å². The summed E-state index contributed by atoms with van der Waals surface area (Å²) in [4.78, 5) is 59.1. The van der Waals surface area contributed by atoms with Gasteiger partial charge in [-0.15, -0.1) is 0 Å². The molecule has 0 aliphatic heterocycles. The first kappa shape index (κ1) is 28.6. The summed E-state index contributed by atoms with van der Waals surface area (Å²) in [6, 6.07) is -3.13. The Labute approximate surface area is 185 Å². The van der Waals surface area contributed by atoms with Gasteiger partial charge in [0.1, 0.15) is 12.1 Å². The minimum Gasteiger partial charge on any atom is -0.480 e. The molecule has 3 unspecified atom stereocenters. The summed E-state index contributed by atoms with van der Waals surface area (Å²) in [6.45, 7) is -0.0325. The van der Waals surface area contributed by atoms with E-state index in [4.69, 9.17) is 17.2 Å². The van der Waals surface area contributed by atoms with Gasteiger partial charge in [-0.2, -0.15) is 11.8 Å². The van der Waals surface area contributed by atoms with Gasteiger partial charge in [-0.05, 0) is 50.7 Å². The summed E-state index contributed by atoms with van der Waals surface area (Å²) < 4.78 is 0. The third kappa shape index (κ3) is 13.5. The van der Waals surface area contributed by atoms with Gasteiger partial charge in [0.15, 0.2) is 0 Å². The van der Waals surface area contributed by atoms with Crippen LogP contribution in [0.15, 0.2) is 0 Å². The molecule has 0 aromatic rings. The second-order valence-electron chi connectivity index (χ2n) is 6.91. The highest BCUT2D eigenvalue weighted by molar-refractivity contribution is 7.98. The zero-order valence-electron chi connectivity index (χ0n) is 17.7. The topological polar surface area (TPSA) is 220 Å². The average Bonchev–Trinajstić information content (AvgIpc) is 2.71. The highest BCUT2D eigenvalue weighted by Gasteiger charge is 2.27. The van der Waals surface area contributed by atoms with Crippen molar-refractivity contribution in [2.24, 2.45) is 17.2 Å². The highest BCUT2D eigenvalue weighted by atomic mass is 32.2. The molecule has 0 aliphatic rings. The third-order valence-corrected chi connectivity index (χ3v) is 4.93. The van der Waals surface area contributed by atoms with E-state index in [9.17, 15) is 29.1 Å². The van der Waals surface area contributed by atoms with Crippen molar-refractivity contribution in [1.82, 2.24) is 16.0 Å². The number of carboxylic acids is 1. The maximum Gasteiger partial charge on any atom is 0.326 e. The Balaban J connectivity index is 4.89. The first-order chi connectivity index (χ1) is 14.6. The van der Waals surface area contributed by atoms with Gasteiger partial charge < -0.3 is 38.3 Å². The lowest BCUT2D eigenvalue weighted by Crippen LogP contribution is -2.54. The number of primary amides is 1. The summed E-state index contributed by atoms with van der Waals surface area (Å²) in [5.74, 6) is -3.18. The van der Waals surface area contributed by atoms with Gasteiger partial charge in [-0.3, -0.25) is 19.2 Å². The van der Waals surface area contributed by atoms with Gasteiger partial charge in [0.25, 0.3) is 0 Å². The Morgan fingerprint density at radius 2 is 1.65 bits per heavy atom. The molecule has 0 aliphatic carbocycles. The molecule has 4 amide bonds. The van der Waals surface area contributed by atoms with Crippen LogP contribution in [-0.4, -0.2) is 77.9 Å². The molecular weight excluding hydrogens is 428 g/mol. The molecule has 0 spiro atoms. The fourth-order valence-electron chi connectivity index (χ4n) is 2.50. The van der Waals surface area contributed by atoms with Crippen molar-refractivity contribution >= 4 is 41.4 Å². The molecule has 0 aromatic carbocycles. The third-order valence-electron chi connectivity index (χ3n) is 4.29. The van der Waals surface area contributed by atoms with Gasteiger partial charge in [0.2, 0.25) is 23.6 Å². The number of hydrogen-bond acceptors (Lipinski definition) is 8. The Morgan fingerprint density at radius 1 is 0.968 bits per heavy atom. The number of nitrogens with one attached hydrogen (secondary N) is 3. The van der Waals surface area contributed by atoms with Crippen LogP contribution in [0.2, 0.25) is 0 Å². The van der Waals surface area contributed by atoms with E-state index in [0.29, 0.717) is 31.6 Å². The Kier molecular flexibility index (Phi) is 15.1. The summed E-state index contributed by atoms with van der Waals surface area (Å²) in [6.07, 6.45) is 3.26. The van der Waals surface area contributed by atoms with Crippen molar-refractivity contribution in [3.05, 3.63) is 0 Å². The molecule has 0 saturated heterocycles. The van der Waals surface area contributed by atoms with E-state index in [1.807, 2.05) is 6.26 Å². The lowest BCUT2D eigenvalue weighted by atomic mass is 10.1. The SMILES string of the molecule is CSCCC(N)C(=O)NCC(=O)NC(CCC(N)=O)C(=O)NC(CCCCN)C(=O)O. The van der Waals surface area contributed by atoms with Crippen LogP contribution in [0, 0.1) is 0 Å². The zero-order valence-corrected chi connectivity index (χ0v) is 18.5. The first-order valence-corrected chi connectivity index (χ1v) is 11.3. The second-order valence-corrected chi connectivity index (χ2v) is 7.90. The largest absolute Gasteiger partial charge is 0.480 e. The molecule has 0 bridgehead atoms. The molecule has 12 nitrogen and oxygen atoms in total. The number of carboxylic acid groups (broad SMARTS) is 1. The Morgan fingerprint density at radius 3 is 2.19 bits per heavy atom. The molecule has 10 N–H and O–H groups in total. The average molecular weight is 463 g/mol. The maximum absolute atomic E-state index is 12.5. The van der Waals surface area contributed by atoms with E-state index in [2.05, 4.69) is 16.0 Å². The highest BCUT2D eigenvalue weighted by Crippen LogP contribution is 2.04. The number of nitrogens with two attached hydrogens (primary N) is 3. The summed E-state index contributed by atoms with van der Waals surface area (Å²) in [7, 11) is 0. The number of carbonyl (C=O) groups excluding carboxylic acids is 4. The zero-order chi connectivity index (χ0) is 23.8. The fourth-order valence-corrected chi connectivity index (χ4v) is 2.99. The number of hydrogen-bond donors (Lipinski definition) is 7. The maximum atomic E-state index is 12.5. The van der Waals surface area contributed by atoms with E-state index in [0.717, 1.165) is 0 Å². The van der Waals surface area contributed by atoms with Gasteiger partial charge in [-0.25, -0.2) is 4.79 Å². The molecule has 31 heavy (non-hydrogen) atoms. The van der Waals surface area contributed by atoms with E-state index in [1.54, 1.807) is 0 Å². The van der Waals surface area contributed by atoms with Crippen LogP contribution < -0.4 is 33.2 Å². The van der Waals surface area contributed by atoms with Crippen LogP contribution in [0.3, 0.4) is 0 Å². The Bertz CT molecular complexity index is 620. The molecule has 3 atom stereocenters. The van der Waals surface area contributed by atoms with Crippen molar-refractivity contribution in [3.8, 4) is 0 Å². The predicted molar refractivity (Wildman–Crippen MR) is 117 cm³/mol. The molecule has 0 heterocycles. The molecule has 0 aromatic heterocycles. The number of aliphatic carboxylic acids is 1. The molecule has 0 saturated carbocycles. The van der Waals surface area contributed by atoms with Gasteiger partial charge in [0.05, 0.1) is 12.6 Å². The smallest absolute Gasteiger partial charge is 0.326 e. The van der Waals surface area contributed by atoms with Crippen molar-refractivity contribution in [2.75, 3.05) is 25.1 Å². The lowest BCUT2D eigenvalue weighted by Gasteiger charge is -2.21. The van der Waals surface area contributed by atoms with Crippen LogP contribution in [0.25, 0.3) is 0 Å². The number of thioether (sulfide) groups is 1. The predicted octanol–water partition coefficient (Wildman–Crippen LogP) is -2.37. The monoisotopic (exact) mass is 462 g/mol. The molecule has 0 radical (unpaired) electrons. The van der Waals surface area contributed by atoms with E-state index < -0.39 is 54.3 Å². The van der Waals surface area contributed by atoms with Crippen LogP contribution in [0.5, 0.6) is 0 Å². The molecule has 0 rings (SSSR count). The van der Waals surface area contributed by atoms with Crippen molar-refractivity contribution < 1.29 is 29.1 Å². The standard InChI is InChI=1S/C18H34N6O6S/c1-31-9-7-11(20)16(27)22-10-15(26)23-12(5-6-14(21)25)17(28)24-13(18(29)30)4-2-3-8-19/h11-13H,2-10,19-20H2,1H3,(H2,21,25)(H,22,27)(H,23,26)(H,24,28)(H,29,30).